The molecule has 19 heavy (non-hydrogen) atoms. The Labute approximate surface area is 115 Å². The summed E-state index contributed by atoms with van der Waals surface area (Å²) in [5.74, 6) is 2.78. The average Bonchev–Trinajstić information content (AvgIpc) is 3.11. The molecule has 2 aromatic carbocycles. The molecule has 2 aliphatic carbocycles. The predicted molar refractivity (Wildman–Crippen MR) is 80.1 cm³/mol. The number of benzene rings is 2. The third-order valence-corrected chi connectivity index (χ3v) is 5.18. The molecule has 2 saturated carbocycles. The van der Waals surface area contributed by atoms with Crippen molar-refractivity contribution in [3.63, 3.8) is 0 Å². The number of rotatable bonds is 2. The Morgan fingerprint density at radius 1 is 0.737 bits per heavy atom. The van der Waals surface area contributed by atoms with Gasteiger partial charge in [0, 0.05) is 0 Å². The molecule has 2 aliphatic rings. The Balaban J connectivity index is 1.77. The van der Waals surface area contributed by atoms with Crippen LogP contribution in [0.15, 0.2) is 54.6 Å². The molecule has 0 nitrogen and oxygen atoms in total. The van der Waals surface area contributed by atoms with E-state index in [4.69, 9.17) is 0 Å². The van der Waals surface area contributed by atoms with Gasteiger partial charge in [-0.2, -0.15) is 0 Å². The number of hydrogen-bond acceptors (Lipinski definition) is 0. The maximum Gasteiger partial charge on any atom is -0.0125 e. The highest BCUT2D eigenvalue weighted by atomic mass is 14.4. The lowest BCUT2D eigenvalue weighted by atomic mass is 9.80. The van der Waals surface area contributed by atoms with Gasteiger partial charge in [0.15, 0.2) is 0 Å². The van der Waals surface area contributed by atoms with E-state index in [0.717, 1.165) is 17.8 Å². The lowest BCUT2D eigenvalue weighted by Crippen LogP contribution is -2.09. The van der Waals surface area contributed by atoms with E-state index in [9.17, 15) is 0 Å². The molecule has 0 unspecified atom stereocenters. The minimum Gasteiger partial charge on any atom is -0.0622 e. The van der Waals surface area contributed by atoms with Crippen molar-refractivity contribution in [1.29, 1.82) is 0 Å². The molecule has 0 spiro atoms. The van der Waals surface area contributed by atoms with Gasteiger partial charge in [0.1, 0.15) is 0 Å². The van der Waals surface area contributed by atoms with Crippen molar-refractivity contribution in [3.8, 4) is 11.1 Å². The van der Waals surface area contributed by atoms with E-state index >= 15 is 0 Å². The monoisotopic (exact) mass is 248 g/mol. The summed E-state index contributed by atoms with van der Waals surface area (Å²) in [7, 11) is 0. The molecule has 96 valence electrons. The summed E-state index contributed by atoms with van der Waals surface area (Å²) in [6.07, 6.45) is 5.84. The molecular formula is C19H20. The molecule has 2 fully saturated rings. The van der Waals surface area contributed by atoms with Crippen molar-refractivity contribution in [2.24, 2.45) is 11.8 Å². The van der Waals surface area contributed by atoms with Crippen molar-refractivity contribution in [2.75, 3.05) is 0 Å². The summed E-state index contributed by atoms with van der Waals surface area (Å²) >= 11 is 0. The van der Waals surface area contributed by atoms with E-state index in [2.05, 4.69) is 54.6 Å². The van der Waals surface area contributed by atoms with Gasteiger partial charge in [-0.3, -0.25) is 0 Å². The molecule has 0 amide bonds. The summed E-state index contributed by atoms with van der Waals surface area (Å²) in [5.41, 5.74) is 4.43. The van der Waals surface area contributed by atoms with Gasteiger partial charge in [0.2, 0.25) is 0 Å². The Bertz CT molecular complexity index is 570. The van der Waals surface area contributed by atoms with E-state index in [1.165, 1.54) is 36.8 Å². The Morgan fingerprint density at radius 2 is 1.53 bits per heavy atom. The van der Waals surface area contributed by atoms with E-state index in [0.29, 0.717) is 0 Å². The second-order valence-electron chi connectivity index (χ2n) is 6.23. The van der Waals surface area contributed by atoms with Crippen LogP contribution in [-0.2, 0) is 0 Å². The summed E-state index contributed by atoms with van der Waals surface area (Å²) in [6.45, 7) is 0. The van der Waals surface area contributed by atoms with Gasteiger partial charge in [0.25, 0.3) is 0 Å². The van der Waals surface area contributed by atoms with Crippen LogP contribution in [0, 0.1) is 11.8 Å². The Morgan fingerprint density at radius 3 is 2.26 bits per heavy atom. The van der Waals surface area contributed by atoms with Gasteiger partial charge in [-0.25, -0.2) is 0 Å². The van der Waals surface area contributed by atoms with Crippen molar-refractivity contribution < 1.29 is 0 Å². The van der Waals surface area contributed by atoms with Gasteiger partial charge in [-0.05, 0) is 53.7 Å². The van der Waals surface area contributed by atoms with Crippen molar-refractivity contribution in [2.45, 2.75) is 31.6 Å². The van der Waals surface area contributed by atoms with Crippen LogP contribution in [0.5, 0.6) is 0 Å². The third kappa shape index (κ3) is 1.90. The Kier molecular flexibility index (Phi) is 2.69. The van der Waals surface area contributed by atoms with Crippen LogP contribution in [0.3, 0.4) is 0 Å². The molecule has 0 heterocycles. The van der Waals surface area contributed by atoms with E-state index in [1.54, 1.807) is 5.56 Å². The standard InChI is InChI=1S/C19H20/c1-2-6-15(7-3-1)17-8-4-5-9-18(17)19-13-14-10-11-16(19)12-14/h1-9,14,16,19H,10-13H2/t14-,16+,19+/m1/s1. The van der Waals surface area contributed by atoms with Gasteiger partial charge >= 0.3 is 0 Å². The average molecular weight is 248 g/mol. The molecule has 0 aromatic heterocycles. The van der Waals surface area contributed by atoms with Gasteiger partial charge in [-0.1, -0.05) is 61.0 Å². The molecular weight excluding hydrogens is 228 g/mol. The van der Waals surface area contributed by atoms with Crippen molar-refractivity contribution >= 4 is 0 Å². The number of hydrogen-bond donors (Lipinski definition) is 0. The molecule has 0 heteroatoms. The van der Waals surface area contributed by atoms with Crippen LogP contribution in [0.25, 0.3) is 11.1 Å². The first-order chi connectivity index (χ1) is 9.42. The lowest BCUT2D eigenvalue weighted by Gasteiger charge is -2.24. The van der Waals surface area contributed by atoms with Crippen LogP contribution in [-0.4, -0.2) is 0 Å². The third-order valence-electron chi connectivity index (χ3n) is 5.18. The van der Waals surface area contributed by atoms with E-state index in [-0.39, 0.29) is 0 Å². The van der Waals surface area contributed by atoms with E-state index < -0.39 is 0 Å². The maximum absolute atomic E-state index is 2.37. The SMILES string of the molecule is c1ccc(-c2ccccc2[C@H]2C[C@@H]3CC[C@H]2C3)cc1. The fourth-order valence-electron chi connectivity index (χ4n) is 4.33. The molecule has 0 radical (unpaired) electrons. The summed E-state index contributed by atoms with van der Waals surface area (Å²) < 4.78 is 0. The molecule has 0 N–H and O–H groups in total. The fourth-order valence-corrected chi connectivity index (χ4v) is 4.33. The molecule has 0 aliphatic heterocycles. The first-order valence-corrected chi connectivity index (χ1v) is 7.56. The van der Waals surface area contributed by atoms with Crippen LogP contribution < -0.4 is 0 Å². The quantitative estimate of drug-likeness (QED) is 0.680. The highest BCUT2D eigenvalue weighted by molar-refractivity contribution is 5.68. The van der Waals surface area contributed by atoms with Crippen LogP contribution >= 0.6 is 0 Å². The van der Waals surface area contributed by atoms with E-state index in [1.807, 2.05) is 0 Å². The largest absolute Gasteiger partial charge is 0.0622 e. The number of fused-ring (bicyclic) bond motifs is 2. The summed E-state index contributed by atoms with van der Waals surface area (Å²) in [6, 6.07) is 19.9. The second-order valence-corrected chi connectivity index (χ2v) is 6.23. The van der Waals surface area contributed by atoms with Crippen LogP contribution in [0.1, 0.15) is 37.2 Å². The van der Waals surface area contributed by atoms with Gasteiger partial charge in [-0.15, -0.1) is 0 Å². The highest BCUT2D eigenvalue weighted by Crippen LogP contribution is 2.54. The lowest BCUT2D eigenvalue weighted by molar-refractivity contribution is 0.420. The Hall–Kier alpha value is -1.56. The predicted octanol–water partition coefficient (Wildman–Crippen LogP) is 5.26. The second kappa shape index (κ2) is 4.52. The van der Waals surface area contributed by atoms with Crippen LogP contribution in [0.4, 0.5) is 0 Å². The van der Waals surface area contributed by atoms with Crippen molar-refractivity contribution in [3.05, 3.63) is 60.2 Å². The highest BCUT2D eigenvalue weighted by Gasteiger charge is 2.40. The zero-order chi connectivity index (χ0) is 12.7. The normalized spacial score (nSPS) is 28.7. The van der Waals surface area contributed by atoms with Gasteiger partial charge < -0.3 is 0 Å². The maximum atomic E-state index is 2.37. The topological polar surface area (TPSA) is 0 Å². The molecule has 2 aromatic rings. The first-order valence-electron chi connectivity index (χ1n) is 7.56. The minimum atomic E-state index is 0.815. The fraction of sp³-hybridized carbons (Fsp3) is 0.368. The van der Waals surface area contributed by atoms with Crippen molar-refractivity contribution in [1.82, 2.24) is 0 Å². The zero-order valence-electron chi connectivity index (χ0n) is 11.3. The zero-order valence-corrected chi connectivity index (χ0v) is 11.3. The molecule has 3 atom stereocenters. The molecule has 0 saturated heterocycles. The van der Waals surface area contributed by atoms with Gasteiger partial charge in [0.05, 0.1) is 0 Å². The molecule has 4 rings (SSSR count). The smallest absolute Gasteiger partial charge is 0.0125 e. The minimum absolute atomic E-state index is 0.815. The van der Waals surface area contributed by atoms with Crippen LogP contribution in [0.2, 0.25) is 0 Å². The molecule has 2 bridgehead atoms. The summed E-state index contributed by atoms with van der Waals surface area (Å²) in [5, 5.41) is 0. The summed E-state index contributed by atoms with van der Waals surface area (Å²) in [4.78, 5) is 0. The first kappa shape index (κ1) is 11.3.